The quantitative estimate of drug-likeness (QED) is 0.528. The molecule has 7 heteroatoms. The largest absolute Gasteiger partial charge is 0.486 e. The first-order valence-corrected chi connectivity index (χ1v) is 10.6. The van der Waals surface area contributed by atoms with E-state index in [1.54, 1.807) is 24.3 Å². The van der Waals surface area contributed by atoms with E-state index < -0.39 is 0 Å². The van der Waals surface area contributed by atoms with Gasteiger partial charge >= 0.3 is 0 Å². The van der Waals surface area contributed by atoms with E-state index in [9.17, 15) is 4.79 Å². The normalized spacial score (nSPS) is 14.7. The SMILES string of the molecule is O=C(c1ccc(COc2cccc(Cl)c2)o1)N1CCN(Cc2cccc(Cl)c2)CC1. The van der Waals surface area contributed by atoms with Crippen molar-refractivity contribution in [1.82, 2.24) is 9.80 Å². The summed E-state index contributed by atoms with van der Waals surface area (Å²) >= 11 is 12.0. The first-order chi connectivity index (χ1) is 14.6. The van der Waals surface area contributed by atoms with Gasteiger partial charge in [-0.15, -0.1) is 0 Å². The van der Waals surface area contributed by atoms with Gasteiger partial charge in [0.2, 0.25) is 0 Å². The zero-order chi connectivity index (χ0) is 20.9. The molecule has 0 N–H and O–H groups in total. The van der Waals surface area contributed by atoms with Crippen molar-refractivity contribution in [2.45, 2.75) is 13.2 Å². The van der Waals surface area contributed by atoms with Gasteiger partial charge < -0.3 is 14.1 Å². The molecular weight excluding hydrogens is 423 g/mol. The van der Waals surface area contributed by atoms with Crippen LogP contribution in [-0.2, 0) is 13.2 Å². The fourth-order valence-corrected chi connectivity index (χ4v) is 3.83. The molecule has 0 radical (unpaired) electrons. The van der Waals surface area contributed by atoms with Gasteiger partial charge in [0.1, 0.15) is 18.1 Å². The second-order valence-electron chi connectivity index (χ2n) is 7.21. The predicted molar refractivity (Wildman–Crippen MR) is 117 cm³/mol. The summed E-state index contributed by atoms with van der Waals surface area (Å²) in [5.74, 6) is 1.50. The number of halogens is 2. The third-order valence-corrected chi connectivity index (χ3v) is 5.47. The summed E-state index contributed by atoms with van der Waals surface area (Å²) < 4.78 is 11.4. The van der Waals surface area contributed by atoms with Crippen LogP contribution in [0.25, 0.3) is 0 Å². The number of piperazine rings is 1. The van der Waals surface area contributed by atoms with Crippen LogP contribution in [-0.4, -0.2) is 41.9 Å². The van der Waals surface area contributed by atoms with Crippen LogP contribution in [0.3, 0.4) is 0 Å². The monoisotopic (exact) mass is 444 g/mol. The number of furan rings is 1. The molecule has 1 fully saturated rings. The molecule has 2 heterocycles. The van der Waals surface area contributed by atoms with Crippen molar-refractivity contribution >= 4 is 29.1 Å². The van der Waals surface area contributed by atoms with Gasteiger partial charge in [-0.2, -0.15) is 0 Å². The number of benzene rings is 2. The van der Waals surface area contributed by atoms with Crippen LogP contribution in [0.2, 0.25) is 10.0 Å². The van der Waals surface area contributed by atoms with Crippen molar-refractivity contribution in [3.63, 3.8) is 0 Å². The van der Waals surface area contributed by atoms with E-state index in [4.69, 9.17) is 32.4 Å². The van der Waals surface area contributed by atoms with Crippen molar-refractivity contribution in [3.8, 4) is 5.75 Å². The molecule has 0 bridgehead atoms. The van der Waals surface area contributed by atoms with Crippen LogP contribution in [0.5, 0.6) is 5.75 Å². The Bertz CT molecular complexity index is 1010. The minimum atomic E-state index is -0.0913. The van der Waals surface area contributed by atoms with Gasteiger partial charge in [0.15, 0.2) is 5.76 Å². The maximum absolute atomic E-state index is 12.8. The van der Waals surface area contributed by atoms with Gasteiger partial charge in [-0.1, -0.05) is 41.4 Å². The summed E-state index contributed by atoms with van der Waals surface area (Å²) in [7, 11) is 0. The van der Waals surface area contributed by atoms with Crippen LogP contribution in [0.15, 0.2) is 65.1 Å². The molecule has 1 amide bonds. The fraction of sp³-hybridized carbons (Fsp3) is 0.261. The number of nitrogens with zero attached hydrogens (tertiary/aromatic N) is 2. The molecule has 30 heavy (non-hydrogen) atoms. The van der Waals surface area contributed by atoms with Crippen molar-refractivity contribution in [3.05, 3.63) is 87.8 Å². The first kappa shape index (κ1) is 20.8. The lowest BCUT2D eigenvalue weighted by atomic mass is 10.2. The highest BCUT2D eigenvalue weighted by atomic mass is 35.5. The highest BCUT2D eigenvalue weighted by Gasteiger charge is 2.24. The second kappa shape index (κ2) is 9.56. The van der Waals surface area contributed by atoms with E-state index in [0.717, 1.165) is 24.7 Å². The number of hydrogen-bond donors (Lipinski definition) is 0. The standard InChI is InChI=1S/C23H22Cl2N2O3/c24-18-4-1-3-17(13-18)15-26-9-11-27(12-10-26)23(28)22-8-7-21(30-22)16-29-20-6-2-5-19(25)14-20/h1-8,13-14H,9-12,15-16H2. The summed E-state index contributed by atoms with van der Waals surface area (Å²) in [6.45, 7) is 4.01. The summed E-state index contributed by atoms with van der Waals surface area (Å²) in [5.41, 5.74) is 1.18. The maximum Gasteiger partial charge on any atom is 0.289 e. The summed E-state index contributed by atoms with van der Waals surface area (Å²) in [5, 5.41) is 1.35. The Labute approximate surface area is 185 Å². The Balaban J connectivity index is 1.28. The highest BCUT2D eigenvalue weighted by molar-refractivity contribution is 6.30. The summed E-state index contributed by atoms with van der Waals surface area (Å²) in [6, 6.07) is 18.5. The van der Waals surface area contributed by atoms with Crippen LogP contribution < -0.4 is 4.74 Å². The fourth-order valence-electron chi connectivity index (χ4n) is 3.44. The third-order valence-electron chi connectivity index (χ3n) is 5.00. The Hall–Kier alpha value is -2.47. The molecule has 1 aromatic heterocycles. The number of carbonyl (C=O) groups is 1. The molecule has 1 aliphatic heterocycles. The lowest BCUT2D eigenvalue weighted by Crippen LogP contribution is -2.48. The topological polar surface area (TPSA) is 45.9 Å². The Kier molecular flexibility index (Phi) is 6.62. The third kappa shape index (κ3) is 5.36. The van der Waals surface area contributed by atoms with Gasteiger partial charge in [-0.25, -0.2) is 0 Å². The average Bonchev–Trinajstić information content (AvgIpc) is 3.22. The highest BCUT2D eigenvalue weighted by Crippen LogP contribution is 2.20. The van der Waals surface area contributed by atoms with E-state index in [1.807, 2.05) is 35.2 Å². The second-order valence-corrected chi connectivity index (χ2v) is 8.08. The number of rotatable bonds is 6. The van der Waals surface area contributed by atoms with E-state index in [2.05, 4.69) is 11.0 Å². The van der Waals surface area contributed by atoms with E-state index >= 15 is 0 Å². The lowest BCUT2D eigenvalue weighted by Gasteiger charge is -2.34. The molecule has 1 aliphatic rings. The predicted octanol–water partition coefficient (Wildman–Crippen LogP) is 5.12. The van der Waals surface area contributed by atoms with E-state index in [1.165, 1.54) is 5.56 Å². The van der Waals surface area contributed by atoms with E-state index in [0.29, 0.717) is 35.4 Å². The first-order valence-electron chi connectivity index (χ1n) is 9.80. The summed E-state index contributed by atoms with van der Waals surface area (Å²) in [4.78, 5) is 16.9. The molecule has 0 saturated carbocycles. The summed E-state index contributed by atoms with van der Waals surface area (Å²) in [6.07, 6.45) is 0. The Morgan fingerprint density at radius 3 is 2.40 bits per heavy atom. The molecule has 3 aromatic rings. The minimum absolute atomic E-state index is 0.0913. The molecule has 5 nitrogen and oxygen atoms in total. The van der Waals surface area contributed by atoms with Crippen LogP contribution in [0.1, 0.15) is 21.9 Å². The number of carbonyl (C=O) groups excluding carboxylic acids is 1. The van der Waals surface area contributed by atoms with Gasteiger partial charge in [0.25, 0.3) is 5.91 Å². The van der Waals surface area contributed by atoms with Crippen molar-refractivity contribution in [2.24, 2.45) is 0 Å². The average molecular weight is 445 g/mol. The minimum Gasteiger partial charge on any atom is -0.486 e. The van der Waals surface area contributed by atoms with E-state index in [-0.39, 0.29) is 12.5 Å². The zero-order valence-corrected chi connectivity index (χ0v) is 17.9. The molecular formula is C23H22Cl2N2O3. The van der Waals surface area contributed by atoms with Gasteiger partial charge in [-0.3, -0.25) is 9.69 Å². The van der Waals surface area contributed by atoms with Gasteiger partial charge in [0.05, 0.1) is 0 Å². The van der Waals surface area contributed by atoms with Crippen LogP contribution >= 0.6 is 23.2 Å². The molecule has 4 rings (SSSR count). The number of amides is 1. The van der Waals surface area contributed by atoms with Crippen molar-refractivity contribution < 1.29 is 13.9 Å². The number of hydrogen-bond acceptors (Lipinski definition) is 4. The Morgan fingerprint density at radius 2 is 1.67 bits per heavy atom. The molecule has 0 aliphatic carbocycles. The molecule has 156 valence electrons. The molecule has 0 spiro atoms. The molecule has 0 atom stereocenters. The molecule has 1 saturated heterocycles. The van der Waals surface area contributed by atoms with Crippen LogP contribution in [0, 0.1) is 0 Å². The lowest BCUT2D eigenvalue weighted by molar-refractivity contribution is 0.0594. The zero-order valence-electron chi connectivity index (χ0n) is 16.4. The Morgan fingerprint density at radius 1 is 0.933 bits per heavy atom. The number of ether oxygens (including phenoxy) is 1. The van der Waals surface area contributed by atoms with Crippen LogP contribution in [0.4, 0.5) is 0 Å². The molecule has 0 unspecified atom stereocenters. The maximum atomic E-state index is 12.8. The van der Waals surface area contributed by atoms with Crippen molar-refractivity contribution in [1.29, 1.82) is 0 Å². The van der Waals surface area contributed by atoms with Gasteiger partial charge in [0, 0.05) is 42.8 Å². The molecule has 2 aromatic carbocycles. The van der Waals surface area contributed by atoms with Gasteiger partial charge in [-0.05, 0) is 48.0 Å². The van der Waals surface area contributed by atoms with Crippen molar-refractivity contribution in [2.75, 3.05) is 26.2 Å². The smallest absolute Gasteiger partial charge is 0.289 e.